The van der Waals surface area contributed by atoms with Gasteiger partial charge in [0.1, 0.15) is 68.3 Å². The topological polar surface area (TPSA) is 364 Å². The van der Waals surface area contributed by atoms with Gasteiger partial charge in [0.25, 0.3) is 30.4 Å². The van der Waals surface area contributed by atoms with Crippen LogP contribution in [0.4, 0.5) is 28.4 Å². The van der Waals surface area contributed by atoms with E-state index in [9.17, 15) is 59.3 Å². The zero-order valence-electron chi connectivity index (χ0n) is 33.1. The molecule has 24 nitrogen and oxygen atoms in total. The van der Waals surface area contributed by atoms with E-state index in [-0.39, 0.29) is 87.5 Å². The van der Waals surface area contributed by atoms with E-state index in [1.807, 2.05) is 0 Å². The van der Waals surface area contributed by atoms with Gasteiger partial charge in [-0.3, -0.25) is 13.7 Å². The Kier molecular flexibility index (Phi) is 13.8. The number of rotatable bonds is 17. The molecule has 4 aromatic carbocycles. The number of azo groups is 3. The maximum atomic E-state index is 12.8. The SMILES string of the molecule is COc1ccc(N=Nc2cc(OCCO)c(N=Nc3c(S(=O)(=O)O)cc4cc(-n5nc(C)c(N=NC6=CCC(S(=O)(=O)O)C=C6)c5O)ccc4c3O)cc2OCCO)c(S(=O)(=O)O)c1. The van der Waals surface area contributed by atoms with Crippen molar-refractivity contribution in [2.75, 3.05) is 33.5 Å². The monoisotopic (exact) mass is 944 g/mol. The Morgan fingerprint density at radius 2 is 1.34 bits per heavy atom. The third-order valence-electron chi connectivity index (χ3n) is 8.96. The van der Waals surface area contributed by atoms with Crippen LogP contribution in [0.25, 0.3) is 16.5 Å². The number of phenols is 1. The highest BCUT2D eigenvalue weighted by Gasteiger charge is 2.25. The number of allylic oxidation sites excluding steroid dienone is 2. The van der Waals surface area contributed by atoms with Gasteiger partial charge >= 0.3 is 0 Å². The summed E-state index contributed by atoms with van der Waals surface area (Å²) in [6.45, 7) is -0.117. The van der Waals surface area contributed by atoms with Crippen LogP contribution >= 0.6 is 0 Å². The Morgan fingerprint density at radius 3 is 1.91 bits per heavy atom. The first-order chi connectivity index (χ1) is 30.2. The summed E-state index contributed by atoms with van der Waals surface area (Å²) in [4.78, 5) is -1.55. The first-order valence-electron chi connectivity index (χ1n) is 18.2. The Bertz CT molecular complexity index is 3130. The average molecular weight is 945 g/mol. The number of aryl methyl sites for hydroxylation is 1. The lowest BCUT2D eigenvalue weighted by Gasteiger charge is -2.13. The smallest absolute Gasteiger partial charge is 0.296 e. The van der Waals surface area contributed by atoms with Gasteiger partial charge in [-0.2, -0.15) is 40.1 Å². The number of ether oxygens (including phenoxy) is 3. The molecule has 0 radical (unpaired) electrons. The minimum Gasteiger partial charge on any atom is -0.505 e. The van der Waals surface area contributed by atoms with Gasteiger partial charge in [-0.15, -0.1) is 25.6 Å². The zero-order chi connectivity index (χ0) is 46.6. The second kappa shape index (κ2) is 18.9. The molecule has 1 aromatic heterocycles. The minimum absolute atomic E-state index is 0.00474. The molecule has 0 saturated heterocycles. The molecule has 1 heterocycles. The maximum absolute atomic E-state index is 12.8. The van der Waals surface area contributed by atoms with Gasteiger partial charge in [-0.05, 0) is 61.2 Å². The van der Waals surface area contributed by atoms with Gasteiger partial charge < -0.3 is 34.6 Å². The Labute approximate surface area is 363 Å². The Hall–Kier alpha value is -6.72. The molecular formula is C37H36N8O16S3. The summed E-state index contributed by atoms with van der Waals surface area (Å²) >= 11 is 0. The van der Waals surface area contributed by atoms with Crippen molar-refractivity contribution in [3.05, 3.63) is 84.2 Å². The normalized spacial score (nSPS) is 14.9. The van der Waals surface area contributed by atoms with Crippen molar-refractivity contribution >= 4 is 69.6 Å². The fraction of sp³-hybridized carbons (Fsp3) is 0.216. The number of aliphatic hydroxyl groups is 2. The lowest BCUT2D eigenvalue weighted by Crippen LogP contribution is -2.18. The number of fused-ring (bicyclic) bond motifs is 1. The molecule has 64 heavy (non-hydrogen) atoms. The first-order valence-corrected chi connectivity index (χ1v) is 22.6. The van der Waals surface area contributed by atoms with Crippen LogP contribution in [0.15, 0.2) is 119 Å². The molecule has 0 aliphatic heterocycles. The van der Waals surface area contributed by atoms with Gasteiger partial charge in [0.05, 0.1) is 37.4 Å². The van der Waals surface area contributed by atoms with Crippen LogP contribution < -0.4 is 14.2 Å². The van der Waals surface area contributed by atoms with Gasteiger partial charge in [0, 0.05) is 23.6 Å². The lowest BCUT2D eigenvalue weighted by molar-refractivity contribution is 0.198. The molecule has 7 N–H and O–H groups in total. The molecule has 27 heteroatoms. The molecule has 0 spiro atoms. The Balaban J connectivity index is 1.38. The summed E-state index contributed by atoms with van der Waals surface area (Å²) in [6, 6.07) is 10.9. The predicted molar refractivity (Wildman–Crippen MR) is 223 cm³/mol. The second-order valence-corrected chi connectivity index (χ2v) is 17.7. The van der Waals surface area contributed by atoms with E-state index in [0.29, 0.717) is 0 Å². The second-order valence-electron chi connectivity index (χ2n) is 13.2. The molecule has 338 valence electrons. The van der Waals surface area contributed by atoms with Crippen LogP contribution in [0.5, 0.6) is 28.9 Å². The van der Waals surface area contributed by atoms with Gasteiger partial charge in [0.15, 0.2) is 11.4 Å². The van der Waals surface area contributed by atoms with E-state index in [1.165, 1.54) is 68.7 Å². The molecule has 6 rings (SSSR count). The highest BCUT2D eigenvalue weighted by Crippen LogP contribution is 2.46. The number of methoxy groups -OCH3 is 1. The molecule has 0 bridgehead atoms. The maximum Gasteiger partial charge on any atom is 0.296 e. The molecule has 5 aromatic rings. The van der Waals surface area contributed by atoms with E-state index < -0.39 is 75.9 Å². The third kappa shape index (κ3) is 10.5. The minimum atomic E-state index is -5.16. The molecule has 1 aliphatic carbocycles. The van der Waals surface area contributed by atoms with Gasteiger partial charge in [-0.1, -0.05) is 12.2 Å². The van der Waals surface area contributed by atoms with Crippen molar-refractivity contribution in [2.24, 2.45) is 30.7 Å². The third-order valence-corrected chi connectivity index (χ3v) is 11.8. The highest BCUT2D eigenvalue weighted by atomic mass is 32.2. The summed E-state index contributed by atoms with van der Waals surface area (Å²) in [5.74, 6) is -1.53. The van der Waals surface area contributed by atoms with Crippen LogP contribution in [0.1, 0.15) is 12.1 Å². The number of hydrogen-bond donors (Lipinski definition) is 7. The summed E-state index contributed by atoms with van der Waals surface area (Å²) in [5.41, 5.74) is -0.922. The summed E-state index contributed by atoms with van der Waals surface area (Å²) in [5, 5.41) is 68.6. The first kappa shape index (κ1) is 46.8. The van der Waals surface area contributed by atoms with Crippen LogP contribution in [0.2, 0.25) is 0 Å². The van der Waals surface area contributed by atoms with E-state index >= 15 is 0 Å². The average Bonchev–Trinajstić information content (AvgIpc) is 3.53. The van der Waals surface area contributed by atoms with Crippen LogP contribution in [-0.2, 0) is 30.4 Å². The number of aliphatic hydroxyl groups excluding tert-OH is 2. The molecule has 0 fully saturated rings. The number of phenolic OH excluding ortho intramolecular Hbond substituents is 1. The molecule has 1 aliphatic rings. The van der Waals surface area contributed by atoms with Gasteiger partial charge in [-0.25, -0.2) is 0 Å². The largest absolute Gasteiger partial charge is 0.505 e. The van der Waals surface area contributed by atoms with Crippen LogP contribution in [-0.4, -0.2) is 108 Å². The van der Waals surface area contributed by atoms with E-state index in [4.69, 9.17) is 14.2 Å². The molecule has 1 atom stereocenters. The fourth-order valence-electron chi connectivity index (χ4n) is 5.92. The van der Waals surface area contributed by atoms with Crippen LogP contribution in [0, 0.1) is 6.92 Å². The predicted octanol–water partition coefficient (Wildman–Crippen LogP) is 6.00. The number of nitrogens with zero attached hydrogens (tertiary/aromatic N) is 8. The number of benzene rings is 4. The number of aromatic nitrogens is 2. The van der Waals surface area contributed by atoms with Crippen LogP contribution in [0.3, 0.4) is 0 Å². The zero-order valence-corrected chi connectivity index (χ0v) is 35.6. The van der Waals surface area contributed by atoms with E-state index in [1.54, 1.807) is 0 Å². The summed E-state index contributed by atoms with van der Waals surface area (Å²) < 4.78 is 119. The molecular weight excluding hydrogens is 909 g/mol. The molecule has 1 unspecified atom stereocenters. The summed E-state index contributed by atoms with van der Waals surface area (Å²) in [6.07, 6.45) is 3.93. The standard InChI is InChI=1S/C37H36N8O16S3/c1-20-34(42-38-22-3-7-25(8-4-22)62(50,51)52)37(49)45(44-20)23-5-9-26-21(15-23)16-33(64(56,57)58)35(36(26)48)43-41-29-19-30(60-13-11-46)28(18-31(29)61-14-12-47)40-39-27-10-6-24(59-2)17-32(27)63(53,54)55/h3-7,9-10,15-19,25,46-49H,8,11-14H2,1-2H3,(H,50,51,52)(H,53,54,55)(H,56,57,58). The molecule has 0 amide bonds. The fourth-order valence-corrected chi connectivity index (χ4v) is 7.83. The molecule has 0 saturated carbocycles. The van der Waals surface area contributed by atoms with Crippen molar-refractivity contribution in [3.8, 4) is 34.6 Å². The van der Waals surface area contributed by atoms with Crippen molar-refractivity contribution in [1.82, 2.24) is 9.78 Å². The van der Waals surface area contributed by atoms with Crippen molar-refractivity contribution in [1.29, 1.82) is 0 Å². The Morgan fingerprint density at radius 1 is 0.734 bits per heavy atom. The van der Waals surface area contributed by atoms with E-state index in [0.717, 1.165) is 22.9 Å². The van der Waals surface area contributed by atoms with Crippen molar-refractivity contribution in [3.63, 3.8) is 0 Å². The highest BCUT2D eigenvalue weighted by molar-refractivity contribution is 7.86. The van der Waals surface area contributed by atoms with E-state index in [2.05, 4.69) is 35.8 Å². The lowest BCUT2D eigenvalue weighted by atomic mass is 10.1. The number of aromatic hydroxyl groups is 2. The number of hydrogen-bond acceptors (Lipinski definition) is 20. The van der Waals surface area contributed by atoms with Gasteiger partial charge in [0.2, 0.25) is 5.88 Å². The van der Waals surface area contributed by atoms with Crippen molar-refractivity contribution in [2.45, 2.75) is 28.4 Å². The van der Waals surface area contributed by atoms with Crippen molar-refractivity contribution < 1.29 is 73.5 Å². The summed E-state index contributed by atoms with van der Waals surface area (Å²) in [7, 11) is -13.0. The quantitative estimate of drug-likeness (QED) is 0.0415.